The van der Waals surface area contributed by atoms with Gasteiger partial charge in [0.1, 0.15) is 0 Å². The van der Waals surface area contributed by atoms with Gasteiger partial charge in [-0.15, -0.1) is 0 Å². The highest BCUT2D eigenvalue weighted by Crippen LogP contribution is 2.31. The molecule has 1 fully saturated rings. The number of para-hydroxylation sites is 2. The van der Waals surface area contributed by atoms with Gasteiger partial charge in [-0.05, 0) is 73.9 Å². The standard InChI is InChI=1S/C32H30ClN3O4S/c1-23-12-18-26(19-13-23)41(39,40)36(22-24-14-16-25(33)17-15-24)30-11-5-3-9-28(30)31(37)34-29-10-4-2-8-27(29)32(38)35-20-6-7-21-35/h2-5,8-19H,6-7,20-22H2,1H3,(H,34,37). The number of benzene rings is 4. The van der Waals surface area contributed by atoms with Crippen LogP contribution in [0.3, 0.4) is 0 Å². The molecule has 210 valence electrons. The Hall–Kier alpha value is -4.14. The number of carbonyl (C=O) groups excluding carboxylic acids is 2. The molecule has 2 amide bonds. The molecule has 1 aliphatic rings. The number of nitrogens with one attached hydrogen (secondary N) is 1. The zero-order chi connectivity index (χ0) is 29.0. The zero-order valence-corrected chi connectivity index (χ0v) is 24.2. The molecule has 1 aliphatic heterocycles. The summed E-state index contributed by atoms with van der Waals surface area (Å²) >= 11 is 6.07. The van der Waals surface area contributed by atoms with E-state index in [9.17, 15) is 18.0 Å². The molecule has 0 unspecified atom stereocenters. The molecule has 5 rings (SSSR count). The highest BCUT2D eigenvalue weighted by Gasteiger charge is 2.29. The predicted molar refractivity (Wildman–Crippen MR) is 162 cm³/mol. The maximum Gasteiger partial charge on any atom is 0.264 e. The number of anilines is 2. The van der Waals surface area contributed by atoms with E-state index in [-0.39, 0.29) is 28.6 Å². The second-order valence-electron chi connectivity index (χ2n) is 9.97. The Morgan fingerprint density at radius 3 is 2.12 bits per heavy atom. The van der Waals surface area contributed by atoms with Gasteiger partial charge in [-0.25, -0.2) is 8.42 Å². The minimum absolute atomic E-state index is 0.0261. The third-order valence-corrected chi connectivity index (χ3v) is 9.09. The van der Waals surface area contributed by atoms with E-state index in [1.165, 1.54) is 4.31 Å². The maximum absolute atomic E-state index is 14.1. The highest BCUT2D eigenvalue weighted by molar-refractivity contribution is 7.92. The van der Waals surface area contributed by atoms with Crippen molar-refractivity contribution in [2.75, 3.05) is 22.7 Å². The van der Waals surface area contributed by atoms with Crippen LogP contribution in [-0.4, -0.2) is 38.2 Å². The van der Waals surface area contributed by atoms with E-state index in [1.54, 1.807) is 102 Å². The van der Waals surface area contributed by atoms with Crippen LogP contribution in [0, 0.1) is 6.92 Å². The first-order valence-electron chi connectivity index (χ1n) is 13.4. The summed E-state index contributed by atoms with van der Waals surface area (Å²) in [6, 6.07) is 26.9. The number of carbonyl (C=O) groups is 2. The summed E-state index contributed by atoms with van der Waals surface area (Å²) < 4.78 is 29.3. The van der Waals surface area contributed by atoms with Crippen LogP contribution in [0.1, 0.15) is 44.7 Å². The van der Waals surface area contributed by atoms with Gasteiger partial charge in [0, 0.05) is 18.1 Å². The maximum atomic E-state index is 14.1. The number of amides is 2. The minimum atomic E-state index is -4.08. The molecular formula is C32H30ClN3O4S. The fraction of sp³-hybridized carbons (Fsp3) is 0.188. The van der Waals surface area contributed by atoms with E-state index in [4.69, 9.17) is 11.6 Å². The molecule has 41 heavy (non-hydrogen) atoms. The molecule has 0 atom stereocenters. The number of hydrogen-bond donors (Lipinski definition) is 1. The van der Waals surface area contributed by atoms with Crippen LogP contribution in [0.15, 0.2) is 102 Å². The molecule has 0 bridgehead atoms. The third kappa shape index (κ3) is 6.29. The van der Waals surface area contributed by atoms with Crippen LogP contribution in [0.2, 0.25) is 5.02 Å². The largest absolute Gasteiger partial charge is 0.339 e. The van der Waals surface area contributed by atoms with Gasteiger partial charge in [-0.2, -0.15) is 0 Å². The van der Waals surface area contributed by atoms with Crippen molar-refractivity contribution in [3.8, 4) is 0 Å². The van der Waals surface area contributed by atoms with Crippen molar-refractivity contribution in [3.63, 3.8) is 0 Å². The fourth-order valence-corrected chi connectivity index (χ4v) is 6.43. The molecule has 1 saturated heterocycles. The Balaban J connectivity index is 1.53. The molecule has 9 heteroatoms. The van der Waals surface area contributed by atoms with Crippen LogP contribution in [0.5, 0.6) is 0 Å². The van der Waals surface area contributed by atoms with Gasteiger partial charge < -0.3 is 10.2 Å². The summed E-state index contributed by atoms with van der Waals surface area (Å²) in [7, 11) is -4.08. The van der Waals surface area contributed by atoms with E-state index < -0.39 is 15.9 Å². The van der Waals surface area contributed by atoms with Crippen molar-refractivity contribution in [1.82, 2.24) is 4.90 Å². The predicted octanol–water partition coefficient (Wildman–Crippen LogP) is 6.53. The molecule has 4 aromatic rings. The van der Waals surface area contributed by atoms with E-state index in [0.29, 0.717) is 34.9 Å². The molecule has 0 aliphatic carbocycles. The van der Waals surface area contributed by atoms with E-state index in [0.717, 1.165) is 18.4 Å². The number of hydrogen-bond acceptors (Lipinski definition) is 4. The van der Waals surface area contributed by atoms with Crippen LogP contribution >= 0.6 is 11.6 Å². The SMILES string of the molecule is Cc1ccc(S(=O)(=O)N(Cc2ccc(Cl)cc2)c2ccccc2C(=O)Nc2ccccc2C(=O)N2CCCC2)cc1. The fourth-order valence-electron chi connectivity index (χ4n) is 4.83. The summed E-state index contributed by atoms with van der Waals surface area (Å²) in [5.41, 5.74) is 2.75. The molecule has 0 saturated carbocycles. The first-order chi connectivity index (χ1) is 19.7. The Bertz CT molecular complexity index is 1670. The van der Waals surface area contributed by atoms with E-state index in [2.05, 4.69) is 5.32 Å². The number of rotatable bonds is 8. The van der Waals surface area contributed by atoms with E-state index in [1.807, 2.05) is 6.92 Å². The van der Waals surface area contributed by atoms with Crippen molar-refractivity contribution < 1.29 is 18.0 Å². The van der Waals surface area contributed by atoms with Crippen LogP contribution in [0.4, 0.5) is 11.4 Å². The van der Waals surface area contributed by atoms with Crippen molar-refractivity contribution in [2.24, 2.45) is 0 Å². The van der Waals surface area contributed by atoms with Gasteiger partial charge in [-0.1, -0.05) is 65.7 Å². The molecule has 7 nitrogen and oxygen atoms in total. The van der Waals surface area contributed by atoms with Gasteiger partial charge in [0.2, 0.25) is 0 Å². The molecule has 1 N–H and O–H groups in total. The van der Waals surface area contributed by atoms with Crippen LogP contribution < -0.4 is 9.62 Å². The van der Waals surface area contributed by atoms with Gasteiger partial charge in [0.05, 0.1) is 33.9 Å². The van der Waals surface area contributed by atoms with Crippen LogP contribution in [-0.2, 0) is 16.6 Å². The van der Waals surface area contributed by atoms with Gasteiger partial charge in [0.15, 0.2) is 0 Å². The summed E-state index contributed by atoms with van der Waals surface area (Å²) in [6.07, 6.45) is 1.90. The van der Waals surface area contributed by atoms with Gasteiger partial charge in [-0.3, -0.25) is 13.9 Å². The molecule has 4 aromatic carbocycles. The van der Waals surface area contributed by atoms with Crippen LogP contribution in [0.25, 0.3) is 0 Å². The molecule has 0 spiro atoms. The van der Waals surface area contributed by atoms with Crippen molar-refractivity contribution in [3.05, 3.63) is 124 Å². The Morgan fingerprint density at radius 2 is 1.44 bits per heavy atom. The average Bonchev–Trinajstić information content (AvgIpc) is 3.52. The Morgan fingerprint density at radius 1 is 0.829 bits per heavy atom. The lowest BCUT2D eigenvalue weighted by Gasteiger charge is -2.27. The number of nitrogens with zero attached hydrogens (tertiary/aromatic N) is 2. The van der Waals surface area contributed by atoms with Gasteiger partial charge >= 0.3 is 0 Å². The lowest BCUT2D eigenvalue weighted by molar-refractivity contribution is 0.0794. The zero-order valence-electron chi connectivity index (χ0n) is 22.6. The second-order valence-corrected chi connectivity index (χ2v) is 12.3. The molecule has 0 radical (unpaired) electrons. The monoisotopic (exact) mass is 587 g/mol. The summed E-state index contributed by atoms with van der Waals surface area (Å²) in [4.78, 5) is 28.8. The average molecular weight is 588 g/mol. The van der Waals surface area contributed by atoms with Gasteiger partial charge in [0.25, 0.3) is 21.8 Å². The number of sulfonamides is 1. The van der Waals surface area contributed by atoms with Crippen molar-refractivity contribution in [2.45, 2.75) is 31.2 Å². The Labute approximate surface area is 245 Å². The lowest BCUT2D eigenvalue weighted by Crippen LogP contribution is -2.32. The second kappa shape index (κ2) is 12.2. The summed E-state index contributed by atoms with van der Waals surface area (Å²) in [5, 5.41) is 3.40. The molecular weight excluding hydrogens is 558 g/mol. The third-order valence-electron chi connectivity index (χ3n) is 7.06. The first-order valence-corrected chi connectivity index (χ1v) is 15.2. The number of halogens is 1. The quantitative estimate of drug-likeness (QED) is 0.254. The lowest BCUT2D eigenvalue weighted by atomic mass is 10.1. The summed E-state index contributed by atoms with van der Waals surface area (Å²) in [6.45, 7) is 3.22. The summed E-state index contributed by atoms with van der Waals surface area (Å²) in [5.74, 6) is -0.666. The first kappa shape index (κ1) is 28.4. The minimum Gasteiger partial charge on any atom is -0.339 e. The highest BCUT2D eigenvalue weighted by atomic mass is 35.5. The van der Waals surface area contributed by atoms with E-state index >= 15 is 0 Å². The normalized spacial score (nSPS) is 13.2. The topological polar surface area (TPSA) is 86.8 Å². The molecule has 1 heterocycles. The smallest absolute Gasteiger partial charge is 0.264 e. The number of likely N-dealkylation sites (tertiary alicyclic amines) is 1. The molecule has 0 aromatic heterocycles. The Kier molecular flexibility index (Phi) is 8.42. The van der Waals surface area contributed by atoms with Crippen molar-refractivity contribution >= 4 is 44.8 Å². The van der Waals surface area contributed by atoms with Crippen molar-refractivity contribution in [1.29, 1.82) is 0 Å². The number of aryl methyl sites for hydroxylation is 1.